The molecule has 1 aromatic heterocycles. The molecule has 0 radical (unpaired) electrons. The van der Waals surface area contributed by atoms with Gasteiger partial charge < -0.3 is 14.8 Å². The number of carbonyl (C=O) groups excluding carboxylic acids is 2. The van der Waals surface area contributed by atoms with Gasteiger partial charge in [0.15, 0.2) is 0 Å². The third kappa shape index (κ3) is 5.59. The van der Waals surface area contributed by atoms with Crippen LogP contribution in [0, 0.1) is 0 Å². The summed E-state index contributed by atoms with van der Waals surface area (Å²) in [5, 5.41) is 2.77. The standard InChI is InChI=1S/C26H21N3O4/c1-32-21-11-7-10-19(16-21)29-26(31)25(18-8-3-2-4-9-18)33-24(30)15-14-20-17-27-22-12-5-6-13-23(22)28-20/h2-17,25H,1H3,(H,29,31)/b15-14+. The Morgan fingerprint density at radius 1 is 0.939 bits per heavy atom. The van der Waals surface area contributed by atoms with E-state index in [1.54, 1.807) is 61.8 Å². The first-order valence-corrected chi connectivity index (χ1v) is 10.2. The number of hydrogen-bond donors (Lipinski definition) is 1. The highest BCUT2D eigenvalue weighted by Gasteiger charge is 2.24. The summed E-state index contributed by atoms with van der Waals surface area (Å²) >= 11 is 0. The molecule has 7 nitrogen and oxygen atoms in total. The fourth-order valence-corrected chi connectivity index (χ4v) is 3.17. The van der Waals surface area contributed by atoms with Gasteiger partial charge in [0.2, 0.25) is 6.10 Å². The Hall–Kier alpha value is -4.52. The molecule has 0 saturated heterocycles. The van der Waals surface area contributed by atoms with E-state index in [0.717, 1.165) is 5.52 Å². The number of hydrogen-bond acceptors (Lipinski definition) is 6. The molecule has 0 spiro atoms. The van der Waals surface area contributed by atoms with Crippen molar-refractivity contribution in [2.75, 3.05) is 12.4 Å². The zero-order chi connectivity index (χ0) is 23.0. The van der Waals surface area contributed by atoms with Gasteiger partial charge in [0, 0.05) is 23.4 Å². The van der Waals surface area contributed by atoms with Gasteiger partial charge in [-0.15, -0.1) is 0 Å². The lowest BCUT2D eigenvalue weighted by Crippen LogP contribution is -2.25. The fraction of sp³-hybridized carbons (Fsp3) is 0.0769. The molecule has 3 aromatic carbocycles. The summed E-state index contributed by atoms with van der Waals surface area (Å²) < 4.78 is 10.7. The SMILES string of the molecule is COc1cccc(NC(=O)C(OC(=O)/C=C/c2cnc3ccccc3n2)c2ccccc2)c1. The normalized spacial score (nSPS) is 11.8. The molecule has 0 bridgehead atoms. The maximum atomic E-state index is 13.0. The number of nitrogens with one attached hydrogen (secondary N) is 1. The Labute approximate surface area is 190 Å². The Morgan fingerprint density at radius 3 is 2.48 bits per heavy atom. The smallest absolute Gasteiger partial charge is 0.331 e. The number of fused-ring (bicyclic) bond motifs is 1. The molecule has 0 saturated carbocycles. The minimum Gasteiger partial charge on any atom is -0.497 e. The first kappa shape index (κ1) is 21.7. The van der Waals surface area contributed by atoms with Crippen LogP contribution in [-0.2, 0) is 14.3 Å². The van der Waals surface area contributed by atoms with Crippen molar-refractivity contribution in [2.24, 2.45) is 0 Å². The monoisotopic (exact) mass is 439 g/mol. The molecule has 7 heteroatoms. The molecule has 0 fully saturated rings. The van der Waals surface area contributed by atoms with Crippen LogP contribution in [0.3, 0.4) is 0 Å². The molecule has 1 unspecified atom stereocenters. The highest BCUT2D eigenvalue weighted by atomic mass is 16.5. The Kier molecular flexibility index (Phi) is 6.70. The molecule has 0 aliphatic rings. The van der Waals surface area contributed by atoms with Crippen LogP contribution < -0.4 is 10.1 Å². The molecule has 1 N–H and O–H groups in total. The van der Waals surface area contributed by atoms with Gasteiger partial charge in [-0.3, -0.25) is 9.78 Å². The Morgan fingerprint density at radius 2 is 1.70 bits per heavy atom. The second-order valence-electron chi connectivity index (χ2n) is 7.07. The van der Waals surface area contributed by atoms with Crippen LogP contribution in [0.2, 0.25) is 0 Å². The zero-order valence-corrected chi connectivity index (χ0v) is 17.8. The lowest BCUT2D eigenvalue weighted by molar-refractivity contribution is -0.149. The number of para-hydroxylation sites is 2. The molecule has 33 heavy (non-hydrogen) atoms. The van der Waals surface area contributed by atoms with Crippen molar-refractivity contribution in [2.45, 2.75) is 6.10 Å². The van der Waals surface area contributed by atoms with Crippen molar-refractivity contribution < 1.29 is 19.1 Å². The van der Waals surface area contributed by atoms with Crippen LogP contribution in [0.25, 0.3) is 17.1 Å². The maximum Gasteiger partial charge on any atom is 0.331 e. The highest BCUT2D eigenvalue weighted by Crippen LogP contribution is 2.22. The van der Waals surface area contributed by atoms with Gasteiger partial charge in [-0.2, -0.15) is 0 Å². The summed E-state index contributed by atoms with van der Waals surface area (Å²) in [5.41, 5.74) is 3.05. The second-order valence-corrected chi connectivity index (χ2v) is 7.07. The van der Waals surface area contributed by atoms with E-state index in [0.29, 0.717) is 28.2 Å². The van der Waals surface area contributed by atoms with E-state index in [4.69, 9.17) is 9.47 Å². The van der Waals surface area contributed by atoms with Gasteiger partial charge in [-0.1, -0.05) is 48.5 Å². The number of methoxy groups -OCH3 is 1. The van der Waals surface area contributed by atoms with Gasteiger partial charge in [-0.25, -0.2) is 9.78 Å². The van der Waals surface area contributed by atoms with E-state index in [-0.39, 0.29) is 0 Å². The number of nitrogens with zero attached hydrogens (tertiary/aromatic N) is 2. The van der Waals surface area contributed by atoms with Gasteiger partial charge >= 0.3 is 5.97 Å². The highest BCUT2D eigenvalue weighted by molar-refractivity contribution is 5.97. The minimum atomic E-state index is -1.14. The predicted molar refractivity (Wildman–Crippen MR) is 125 cm³/mol. The van der Waals surface area contributed by atoms with Crippen LogP contribution in [-0.4, -0.2) is 29.0 Å². The summed E-state index contributed by atoms with van der Waals surface area (Å²) in [7, 11) is 1.54. The lowest BCUT2D eigenvalue weighted by atomic mass is 10.1. The van der Waals surface area contributed by atoms with Gasteiger partial charge in [0.25, 0.3) is 5.91 Å². The predicted octanol–water partition coefficient (Wildman–Crippen LogP) is 4.57. The number of aromatic nitrogens is 2. The first-order chi connectivity index (χ1) is 16.1. The van der Waals surface area contributed by atoms with Crippen molar-refractivity contribution in [1.82, 2.24) is 9.97 Å². The molecule has 0 aliphatic carbocycles. The van der Waals surface area contributed by atoms with E-state index in [9.17, 15) is 9.59 Å². The quantitative estimate of drug-likeness (QED) is 0.335. The summed E-state index contributed by atoms with van der Waals surface area (Å²) in [6, 6.07) is 23.2. The molecule has 1 heterocycles. The molecule has 0 aliphatic heterocycles. The molecule has 1 amide bonds. The summed E-state index contributed by atoms with van der Waals surface area (Å²) in [5.74, 6) is -0.568. The van der Waals surface area contributed by atoms with E-state index in [1.165, 1.54) is 12.2 Å². The second kappa shape index (κ2) is 10.2. The Balaban J connectivity index is 1.51. The molecular weight excluding hydrogens is 418 g/mol. The molecule has 164 valence electrons. The van der Waals surface area contributed by atoms with Crippen LogP contribution in [0.1, 0.15) is 17.4 Å². The summed E-state index contributed by atoms with van der Waals surface area (Å²) in [4.78, 5) is 34.3. The zero-order valence-electron chi connectivity index (χ0n) is 17.8. The average Bonchev–Trinajstić information content (AvgIpc) is 2.86. The third-order valence-corrected chi connectivity index (χ3v) is 4.77. The van der Waals surface area contributed by atoms with E-state index in [2.05, 4.69) is 15.3 Å². The van der Waals surface area contributed by atoms with Crippen molar-refractivity contribution in [3.05, 3.63) is 102 Å². The van der Waals surface area contributed by atoms with Gasteiger partial charge in [0.1, 0.15) is 5.75 Å². The summed E-state index contributed by atoms with van der Waals surface area (Å²) in [6.07, 6.45) is 3.16. The van der Waals surface area contributed by atoms with E-state index < -0.39 is 18.0 Å². The van der Waals surface area contributed by atoms with Crippen molar-refractivity contribution in [3.63, 3.8) is 0 Å². The van der Waals surface area contributed by atoms with Crippen molar-refractivity contribution in [3.8, 4) is 5.75 Å². The average molecular weight is 439 g/mol. The van der Waals surface area contributed by atoms with Crippen molar-refractivity contribution >= 4 is 34.7 Å². The van der Waals surface area contributed by atoms with Crippen molar-refractivity contribution in [1.29, 1.82) is 0 Å². The third-order valence-electron chi connectivity index (χ3n) is 4.77. The number of carbonyl (C=O) groups is 2. The number of ether oxygens (including phenoxy) is 2. The van der Waals surface area contributed by atoms with Crippen LogP contribution >= 0.6 is 0 Å². The largest absolute Gasteiger partial charge is 0.497 e. The summed E-state index contributed by atoms with van der Waals surface area (Å²) in [6.45, 7) is 0. The molecule has 1 atom stereocenters. The van der Waals surface area contributed by atoms with Gasteiger partial charge in [-0.05, 0) is 30.3 Å². The first-order valence-electron chi connectivity index (χ1n) is 10.2. The molecular formula is C26H21N3O4. The molecule has 4 rings (SSSR count). The van der Waals surface area contributed by atoms with Crippen LogP contribution in [0.5, 0.6) is 5.75 Å². The topological polar surface area (TPSA) is 90.4 Å². The Bertz CT molecular complexity index is 1310. The molecule has 4 aromatic rings. The maximum absolute atomic E-state index is 13.0. The van der Waals surface area contributed by atoms with Gasteiger partial charge in [0.05, 0.1) is 30.0 Å². The number of amides is 1. The number of benzene rings is 3. The van der Waals surface area contributed by atoms with Crippen LogP contribution in [0.15, 0.2) is 91.1 Å². The van der Waals surface area contributed by atoms with E-state index in [1.807, 2.05) is 30.3 Å². The number of anilines is 1. The minimum absolute atomic E-state index is 0.485. The fourth-order valence-electron chi connectivity index (χ4n) is 3.17. The lowest BCUT2D eigenvalue weighted by Gasteiger charge is -2.17. The number of esters is 1. The van der Waals surface area contributed by atoms with Crippen LogP contribution in [0.4, 0.5) is 5.69 Å². The number of rotatable bonds is 7. The van der Waals surface area contributed by atoms with E-state index >= 15 is 0 Å².